The summed E-state index contributed by atoms with van der Waals surface area (Å²) in [5.41, 5.74) is -0.745. The summed E-state index contributed by atoms with van der Waals surface area (Å²) in [5, 5.41) is 2.70. The number of hydrogen-bond donors (Lipinski definition) is 1. The standard InChI is InChI=1S/C18H20F3N3O3/c19-18(20,21)14-5-2-1-4-12(14)9-24-10-13(8-17(24)27)22-15(25)11-23-7-3-6-16(23)26/h1-2,4-5,13H,3,6-11H2,(H,22,25)/t13-/m1/s1. The van der Waals surface area contributed by atoms with E-state index in [1.54, 1.807) is 0 Å². The van der Waals surface area contributed by atoms with Crippen LogP contribution in [0.25, 0.3) is 0 Å². The highest BCUT2D eigenvalue weighted by atomic mass is 19.4. The Labute approximate surface area is 154 Å². The molecule has 2 aliphatic rings. The van der Waals surface area contributed by atoms with Crippen molar-refractivity contribution in [2.75, 3.05) is 19.6 Å². The van der Waals surface area contributed by atoms with Gasteiger partial charge in [-0.15, -0.1) is 0 Å². The number of likely N-dealkylation sites (tertiary alicyclic amines) is 2. The highest BCUT2D eigenvalue weighted by Gasteiger charge is 2.36. The molecule has 2 heterocycles. The van der Waals surface area contributed by atoms with Gasteiger partial charge in [0.05, 0.1) is 18.2 Å². The van der Waals surface area contributed by atoms with Crippen LogP contribution in [0.3, 0.4) is 0 Å². The highest BCUT2D eigenvalue weighted by Crippen LogP contribution is 2.32. The zero-order valence-corrected chi connectivity index (χ0v) is 14.6. The molecule has 0 radical (unpaired) electrons. The summed E-state index contributed by atoms with van der Waals surface area (Å²) in [4.78, 5) is 38.6. The third kappa shape index (κ3) is 4.58. The predicted octanol–water partition coefficient (Wildman–Crippen LogP) is 1.54. The van der Waals surface area contributed by atoms with E-state index in [0.29, 0.717) is 13.0 Å². The van der Waals surface area contributed by atoms with Crippen molar-refractivity contribution in [3.8, 4) is 0 Å². The summed E-state index contributed by atoms with van der Waals surface area (Å²) in [6.07, 6.45) is -3.30. The number of rotatable bonds is 5. The highest BCUT2D eigenvalue weighted by molar-refractivity contribution is 5.87. The summed E-state index contributed by atoms with van der Waals surface area (Å²) in [7, 11) is 0. The lowest BCUT2D eigenvalue weighted by molar-refractivity contribution is -0.139. The molecule has 1 aromatic rings. The van der Waals surface area contributed by atoms with Crippen LogP contribution in [0.4, 0.5) is 13.2 Å². The van der Waals surface area contributed by atoms with Gasteiger partial charge in [-0.05, 0) is 18.1 Å². The predicted molar refractivity (Wildman–Crippen MR) is 89.2 cm³/mol. The van der Waals surface area contributed by atoms with E-state index in [2.05, 4.69) is 5.32 Å². The minimum absolute atomic E-state index is 0.0213. The number of alkyl halides is 3. The molecule has 9 heteroatoms. The molecule has 146 valence electrons. The van der Waals surface area contributed by atoms with E-state index in [9.17, 15) is 27.6 Å². The van der Waals surface area contributed by atoms with Crippen molar-refractivity contribution in [1.82, 2.24) is 15.1 Å². The average Bonchev–Trinajstić information content (AvgIpc) is 3.13. The maximum Gasteiger partial charge on any atom is 0.416 e. The SMILES string of the molecule is O=C(CN1CCCC1=O)N[C@@H]1CC(=O)N(Cc2ccccc2C(F)(F)F)C1. The number of nitrogens with one attached hydrogen (secondary N) is 1. The first-order valence-electron chi connectivity index (χ1n) is 8.74. The van der Waals surface area contributed by atoms with Crippen molar-refractivity contribution < 1.29 is 27.6 Å². The molecule has 3 rings (SSSR count). The molecule has 0 aliphatic carbocycles. The number of halogens is 3. The molecule has 0 spiro atoms. The monoisotopic (exact) mass is 383 g/mol. The topological polar surface area (TPSA) is 69.7 Å². The zero-order chi connectivity index (χ0) is 19.6. The summed E-state index contributed by atoms with van der Waals surface area (Å²) >= 11 is 0. The lowest BCUT2D eigenvalue weighted by atomic mass is 10.1. The summed E-state index contributed by atoms with van der Waals surface area (Å²) in [5.74, 6) is -0.742. The van der Waals surface area contributed by atoms with Gasteiger partial charge in [0.1, 0.15) is 0 Å². The van der Waals surface area contributed by atoms with Crippen LogP contribution in [0.1, 0.15) is 30.4 Å². The van der Waals surface area contributed by atoms with Crippen LogP contribution in [-0.4, -0.2) is 53.2 Å². The van der Waals surface area contributed by atoms with E-state index in [0.717, 1.165) is 12.5 Å². The maximum absolute atomic E-state index is 13.1. The second kappa shape index (κ2) is 7.58. The van der Waals surface area contributed by atoms with E-state index < -0.39 is 17.8 Å². The molecule has 0 saturated carbocycles. The second-order valence-electron chi connectivity index (χ2n) is 6.82. The molecule has 27 heavy (non-hydrogen) atoms. The van der Waals surface area contributed by atoms with Crippen LogP contribution >= 0.6 is 0 Å². The van der Waals surface area contributed by atoms with Gasteiger partial charge in [0.25, 0.3) is 0 Å². The summed E-state index contributed by atoms with van der Waals surface area (Å²) in [6.45, 7) is 0.465. The minimum atomic E-state index is -4.49. The van der Waals surface area contributed by atoms with Gasteiger partial charge in [-0.25, -0.2) is 0 Å². The van der Waals surface area contributed by atoms with Crippen molar-refractivity contribution in [2.24, 2.45) is 0 Å². The maximum atomic E-state index is 13.1. The lowest BCUT2D eigenvalue weighted by Crippen LogP contribution is -2.43. The number of hydrogen-bond acceptors (Lipinski definition) is 3. The molecule has 1 aromatic carbocycles. The molecule has 2 saturated heterocycles. The average molecular weight is 383 g/mol. The number of carbonyl (C=O) groups excluding carboxylic acids is 3. The molecule has 2 aliphatic heterocycles. The Morgan fingerprint density at radius 3 is 2.56 bits per heavy atom. The summed E-state index contributed by atoms with van der Waals surface area (Å²) < 4.78 is 39.3. The van der Waals surface area contributed by atoms with Crippen LogP contribution in [-0.2, 0) is 27.1 Å². The van der Waals surface area contributed by atoms with Gasteiger partial charge >= 0.3 is 6.18 Å². The normalized spacial score (nSPS) is 20.5. The number of amides is 3. The Bertz CT molecular complexity index is 751. The summed E-state index contributed by atoms with van der Waals surface area (Å²) in [6, 6.07) is 4.67. The molecule has 1 atom stereocenters. The van der Waals surface area contributed by atoms with E-state index in [1.165, 1.54) is 28.0 Å². The number of benzene rings is 1. The van der Waals surface area contributed by atoms with Crippen molar-refractivity contribution in [3.63, 3.8) is 0 Å². The van der Waals surface area contributed by atoms with Crippen molar-refractivity contribution in [3.05, 3.63) is 35.4 Å². The zero-order valence-electron chi connectivity index (χ0n) is 14.6. The van der Waals surface area contributed by atoms with Gasteiger partial charge in [0.15, 0.2) is 0 Å². The van der Waals surface area contributed by atoms with Gasteiger partial charge < -0.3 is 15.1 Å². The lowest BCUT2D eigenvalue weighted by Gasteiger charge is -2.21. The Balaban J connectivity index is 1.58. The minimum Gasteiger partial charge on any atom is -0.350 e. The Hall–Kier alpha value is -2.58. The van der Waals surface area contributed by atoms with E-state index in [1.807, 2.05) is 0 Å². The van der Waals surface area contributed by atoms with E-state index in [-0.39, 0.29) is 49.3 Å². The van der Waals surface area contributed by atoms with Crippen LogP contribution in [0, 0.1) is 0 Å². The van der Waals surface area contributed by atoms with Gasteiger partial charge in [-0.2, -0.15) is 13.2 Å². The molecule has 0 aromatic heterocycles. The number of carbonyl (C=O) groups is 3. The molecule has 1 N–H and O–H groups in total. The Morgan fingerprint density at radius 2 is 1.89 bits per heavy atom. The van der Waals surface area contributed by atoms with Crippen LogP contribution in [0.2, 0.25) is 0 Å². The van der Waals surface area contributed by atoms with Crippen molar-refractivity contribution in [1.29, 1.82) is 0 Å². The smallest absolute Gasteiger partial charge is 0.350 e. The first-order chi connectivity index (χ1) is 12.7. The molecule has 0 unspecified atom stereocenters. The fourth-order valence-electron chi connectivity index (χ4n) is 3.48. The Kier molecular flexibility index (Phi) is 5.38. The van der Waals surface area contributed by atoms with E-state index in [4.69, 9.17) is 0 Å². The third-order valence-electron chi connectivity index (χ3n) is 4.77. The molecule has 3 amide bonds. The van der Waals surface area contributed by atoms with E-state index >= 15 is 0 Å². The fourth-order valence-corrected chi connectivity index (χ4v) is 3.48. The van der Waals surface area contributed by atoms with Crippen molar-refractivity contribution in [2.45, 2.75) is 38.0 Å². The van der Waals surface area contributed by atoms with Gasteiger partial charge in [-0.1, -0.05) is 18.2 Å². The third-order valence-corrected chi connectivity index (χ3v) is 4.77. The molecular weight excluding hydrogens is 363 g/mol. The van der Waals surface area contributed by atoms with Crippen molar-refractivity contribution >= 4 is 17.7 Å². The van der Waals surface area contributed by atoms with Crippen LogP contribution in [0.5, 0.6) is 0 Å². The molecule has 6 nitrogen and oxygen atoms in total. The largest absolute Gasteiger partial charge is 0.416 e. The molecule has 0 bridgehead atoms. The Morgan fingerprint density at radius 1 is 1.15 bits per heavy atom. The van der Waals surface area contributed by atoms with Crippen LogP contribution in [0.15, 0.2) is 24.3 Å². The number of nitrogens with zero attached hydrogens (tertiary/aromatic N) is 2. The second-order valence-corrected chi connectivity index (χ2v) is 6.82. The van der Waals surface area contributed by atoms with Gasteiger partial charge in [0.2, 0.25) is 17.7 Å². The molecular formula is C18H20F3N3O3. The first kappa shape index (κ1) is 19.2. The first-order valence-corrected chi connectivity index (χ1v) is 8.74. The fraction of sp³-hybridized carbons (Fsp3) is 0.500. The van der Waals surface area contributed by atoms with Gasteiger partial charge in [0, 0.05) is 32.5 Å². The molecule has 2 fully saturated rings. The quantitative estimate of drug-likeness (QED) is 0.839. The van der Waals surface area contributed by atoms with Gasteiger partial charge in [-0.3, -0.25) is 14.4 Å². The van der Waals surface area contributed by atoms with Crippen LogP contribution < -0.4 is 5.32 Å².